The summed E-state index contributed by atoms with van der Waals surface area (Å²) in [5.74, 6) is 0.342. The second-order valence-corrected chi connectivity index (χ2v) is 9.44. The van der Waals surface area contributed by atoms with Crippen molar-refractivity contribution in [3.63, 3.8) is 0 Å². The van der Waals surface area contributed by atoms with Crippen molar-refractivity contribution in [2.75, 3.05) is 32.1 Å². The normalized spacial score (nSPS) is 17.0. The Bertz CT molecular complexity index is 973. The molecule has 2 aliphatic rings. The van der Waals surface area contributed by atoms with Crippen molar-refractivity contribution in [3.05, 3.63) is 32.9 Å². The zero-order valence-corrected chi connectivity index (χ0v) is 17.8. The summed E-state index contributed by atoms with van der Waals surface area (Å²) in [6, 6.07) is 0. The highest BCUT2D eigenvalue weighted by molar-refractivity contribution is 7.99. The van der Waals surface area contributed by atoms with Crippen LogP contribution in [0.25, 0.3) is 10.2 Å². The molecule has 0 aromatic carbocycles. The first kappa shape index (κ1) is 19.7. The number of thiophene rings is 1. The van der Waals surface area contributed by atoms with E-state index in [0.717, 1.165) is 35.1 Å². The molecule has 1 amide bonds. The first-order valence-corrected chi connectivity index (χ1v) is 11.5. The van der Waals surface area contributed by atoms with E-state index in [-0.39, 0.29) is 17.2 Å². The van der Waals surface area contributed by atoms with Crippen LogP contribution in [0.3, 0.4) is 0 Å². The van der Waals surface area contributed by atoms with Gasteiger partial charge in [-0.3, -0.25) is 14.2 Å². The average molecular weight is 420 g/mol. The Morgan fingerprint density at radius 2 is 2.04 bits per heavy atom. The molecule has 1 aliphatic carbocycles. The van der Waals surface area contributed by atoms with Crippen molar-refractivity contribution in [2.45, 2.75) is 44.3 Å². The Morgan fingerprint density at radius 3 is 2.79 bits per heavy atom. The van der Waals surface area contributed by atoms with Crippen LogP contribution in [-0.4, -0.2) is 52.4 Å². The van der Waals surface area contributed by atoms with Crippen molar-refractivity contribution in [1.82, 2.24) is 14.5 Å². The second kappa shape index (κ2) is 8.39. The van der Waals surface area contributed by atoms with Gasteiger partial charge in [-0.2, -0.15) is 0 Å². The number of morpholine rings is 1. The second-order valence-electron chi connectivity index (χ2n) is 7.42. The van der Waals surface area contributed by atoms with Gasteiger partial charge in [-0.15, -0.1) is 11.3 Å². The summed E-state index contributed by atoms with van der Waals surface area (Å²) in [5, 5.41) is 1.39. The Balaban J connectivity index is 1.67. The van der Waals surface area contributed by atoms with Gasteiger partial charge in [0.05, 0.1) is 24.4 Å². The number of thioether (sulfide) groups is 1. The van der Waals surface area contributed by atoms with E-state index < -0.39 is 0 Å². The molecule has 0 N–H and O–H groups in total. The van der Waals surface area contributed by atoms with Gasteiger partial charge in [-0.25, -0.2) is 4.98 Å². The molecule has 28 heavy (non-hydrogen) atoms. The topological polar surface area (TPSA) is 64.4 Å². The van der Waals surface area contributed by atoms with Crippen LogP contribution < -0.4 is 5.56 Å². The first-order valence-electron chi connectivity index (χ1n) is 9.72. The van der Waals surface area contributed by atoms with Gasteiger partial charge in [0.25, 0.3) is 5.56 Å². The largest absolute Gasteiger partial charge is 0.378 e. The SMILES string of the molecule is C=C(C)Cn1c(SCC(=O)N2CCOCC2)nc2sc3c(c2c1=O)CCCC3. The number of allylic oxidation sites excluding steroid dienone is 1. The zero-order valence-electron chi connectivity index (χ0n) is 16.2. The minimum absolute atomic E-state index is 0.00808. The maximum absolute atomic E-state index is 13.3. The van der Waals surface area contributed by atoms with Crippen LogP contribution in [0.4, 0.5) is 0 Å². The van der Waals surface area contributed by atoms with Gasteiger partial charge in [-0.05, 0) is 38.2 Å². The van der Waals surface area contributed by atoms with Crippen LogP contribution in [0.2, 0.25) is 0 Å². The summed E-state index contributed by atoms with van der Waals surface area (Å²) in [6.07, 6.45) is 4.30. The molecule has 0 atom stereocenters. The summed E-state index contributed by atoms with van der Waals surface area (Å²) in [5.41, 5.74) is 2.10. The molecule has 4 rings (SSSR count). The van der Waals surface area contributed by atoms with E-state index in [0.29, 0.717) is 38.0 Å². The Hall–Kier alpha value is -1.64. The molecule has 1 saturated heterocycles. The third-order valence-corrected chi connectivity index (χ3v) is 7.30. The van der Waals surface area contributed by atoms with Gasteiger partial charge in [0, 0.05) is 24.5 Å². The monoisotopic (exact) mass is 419 g/mol. The standard InChI is InChI=1S/C20H25N3O3S2/c1-13(2)11-23-19(25)17-14-5-3-4-6-15(14)28-18(17)21-20(23)27-12-16(24)22-7-9-26-10-8-22/h1,3-12H2,2H3. The van der Waals surface area contributed by atoms with Gasteiger partial charge in [0.15, 0.2) is 5.16 Å². The van der Waals surface area contributed by atoms with Crippen molar-refractivity contribution in [2.24, 2.45) is 0 Å². The van der Waals surface area contributed by atoms with Crippen LogP contribution >= 0.6 is 23.1 Å². The predicted octanol–water partition coefficient (Wildman–Crippen LogP) is 2.86. The quantitative estimate of drug-likeness (QED) is 0.424. The van der Waals surface area contributed by atoms with Gasteiger partial charge in [-0.1, -0.05) is 23.9 Å². The molecule has 6 nitrogen and oxygen atoms in total. The van der Waals surface area contributed by atoms with E-state index in [4.69, 9.17) is 9.72 Å². The molecule has 150 valence electrons. The van der Waals surface area contributed by atoms with Crippen molar-refractivity contribution >= 4 is 39.2 Å². The van der Waals surface area contributed by atoms with Crippen molar-refractivity contribution in [1.29, 1.82) is 0 Å². The number of amides is 1. The number of ether oxygens (including phenoxy) is 1. The lowest BCUT2D eigenvalue weighted by Crippen LogP contribution is -2.41. The van der Waals surface area contributed by atoms with Gasteiger partial charge in [0.2, 0.25) is 5.91 Å². The zero-order chi connectivity index (χ0) is 19.7. The van der Waals surface area contributed by atoms with Crippen molar-refractivity contribution in [3.8, 4) is 0 Å². The molecule has 8 heteroatoms. The number of carbonyl (C=O) groups is 1. The number of aromatic nitrogens is 2. The molecule has 2 aromatic rings. The molecule has 0 saturated carbocycles. The summed E-state index contributed by atoms with van der Waals surface area (Å²) < 4.78 is 7.01. The predicted molar refractivity (Wildman–Crippen MR) is 113 cm³/mol. The Labute approximate surface area is 172 Å². The molecule has 0 radical (unpaired) electrons. The van der Waals surface area contributed by atoms with Crippen LogP contribution in [-0.2, 0) is 28.9 Å². The van der Waals surface area contributed by atoms with E-state index in [9.17, 15) is 9.59 Å². The summed E-state index contributed by atoms with van der Waals surface area (Å²) in [4.78, 5) is 34.6. The molecule has 1 fully saturated rings. The number of hydrogen-bond donors (Lipinski definition) is 0. The fourth-order valence-electron chi connectivity index (χ4n) is 3.77. The number of fused-ring (bicyclic) bond motifs is 3. The van der Waals surface area contributed by atoms with Crippen LogP contribution in [0.1, 0.15) is 30.2 Å². The number of rotatable bonds is 5. The molecule has 2 aromatic heterocycles. The smallest absolute Gasteiger partial charge is 0.263 e. The maximum Gasteiger partial charge on any atom is 0.263 e. The third-order valence-electron chi connectivity index (χ3n) is 5.16. The lowest BCUT2D eigenvalue weighted by Gasteiger charge is -2.26. The average Bonchev–Trinajstić information content (AvgIpc) is 3.07. The molecule has 0 bridgehead atoms. The van der Waals surface area contributed by atoms with Gasteiger partial charge in [0.1, 0.15) is 4.83 Å². The van der Waals surface area contributed by atoms with Gasteiger partial charge >= 0.3 is 0 Å². The molecule has 1 aliphatic heterocycles. The minimum atomic E-state index is 0.00808. The highest BCUT2D eigenvalue weighted by Gasteiger charge is 2.23. The first-order chi connectivity index (χ1) is 13.5. The van der Waals surface area contributed by atoms with Crippen molar-refractivity contribution < 1.29 is 9.53 Å². The Kier molecular flexibility index (Phi) is 5.89. The van der Waals surface area contributed by atoms with E-state index in [1.165, 1.54) is 28.6 Å². The van der Waals surface area contributed by atoms with Crippen LogP contribution in [0, 0.1) is 0 Å². The highest BCUT2D eigenvalue weighted by Crippen LogP contribution is 2.34. The van der Waals surface area contributed by atoms with Gasteiger partial charge < -0.3 is 9.64 Å². The number of nitrogens with zero attached hydrogens (tertiary/aromatic N) is 3. The highest BCUT2D eigenvalue weighted by atomic mass is 32.2. The lowest BCUT2D eigenvalue weighted by molar-refractivity contribution is -0.132. The van der Waals surface area contributed by atoms with E-state index in [2.05, 4.69) is 6.58 Å². The molecular formula is C20H25N3O3S2. The summed E-state index contributed by atoms with van der Waals surface area (Å²) in [6.45, 7) is 8.74. The Morgan fingerprint density at radius 1 is 1.29 bits per heavy atom. The molecule has 0 unspecified atom stereocenters. The lowest BCUT2D eigenvalue weighted by atomic mass is 9.97. The maximum atomic E-state index is 13.3. The number of hydrogen-bond acceptors (Lipinski definition) is 6. The van der Waals surface area contributed by atoms with E-state index >= 15 is 0 Å². The van der Waals surface area contributed by atoms with E-state index in [1.54, 1.807) is 15.9 Å². The minimum Gasteiger partial charge on any atom is -0.378 e. The fourth-order valence-corrected chi connectivity index (χ4v) is 5.97. The van der Waals surface area contributed by atoms with Crippen LogP contribution in [0.15, 0.2) is 22.1 Å². The molecule has 3 heterocycles. The van der Waals surface area contributed by atoms with Crippen LogP contribution in [0.5, 0.6) is 0 Å². The third kappa shape index (κ3) is 3.90. The molecular weight excluding hydrogens is 394 g/mol. The number of carbonyl (C=O) groups excluding carboxylic acids is 1. The molecule has 0 spiro atoms. The summed E-state index contributed by atoms with van der Waals surface area (Å²) >= 11 is 3.00. The number of aryl methyl sites for hydroxylation is 2. The fraction of sp³-hybridized carbons (Fsp3) is 0.550. The van der Waals surface area contributed by atoms with E-state index in [1.807, 2.05) is 11.8 Å². The summed E-state index contributed by atoms with van der Waals surface area (Å²) in [7, 11) is 0.